The molecule has 2 atom stereocenters. The molecule has 4 nitrogen and oxygen atoms in total. The van der Waals surface area contributed by atoms with Crippen molar-refractivity contribution >= 4 is 5.97 Å². The van der Waals surface area contributed by atoms with Crippen LogP contribution in [0.1, 0.15) is 61.3 Å². The third-order valence-corrected chi connectivity index (χ3v) is 4.35. The fraction of sp³-hybridized carbons (Fsp3) is 0.941. The van der Waals surface area contributed by atoms with E-state index in [4.69, 9.17) is 4.74 Å². The van der Waals surface area contributed by atoms with Crippen molar-refractivity contribution < 1.29 is 9.53 Å². The van der Waals surface area contributed by atoms with E-state index in [1.165, 1.54) is 7.11 Å². The Morgan fingerprint density at radius 3 is 2.10 bits per heavy atom. The van der Waals surface area contributed by atoms with Gasteiger partial charge in [0.25, 0.3) is 0 Å². The van der Waals surface area contributed by atoms with Gasteiger partial charge in [0.15, 0.2) is 0 Å². The van der Waals surface area contributed by atoms with Crippen molar-refractivity contribution in [1.29, 1.82) is 0 Å². The third-order valence-electron chi connectivity index (χ3n) is 4.35. The van der Waals surface area contributed by atoms with E-state index >= 15 is 0 Å². The topological polar surface area (TPSA) is 41.6 Å². The Labute approximate surface area is 131 Å². The minimum Gasteiger partial charge on any atom is -0.468 e. The molecule has 21 heavy (non-hydrogen) atoms. The van der Waals surface area contributed by atoms with Gasteiger partial charge in [-0.3, -0.25) is 10.1 Å². The van der Waals surface area contributed by atoms with Crippen molar-refractivity contribution in [3.05, 3.63) is 0 Å². The molecular formula is C17H36N2O2. The Balaban J connectivity index is 4.54. The van der Waals surface area contributed by atoms with Gasteiger partial charge in [-0.25, -0.2) is 0 Å². The molecule has 0 rings (SSSR count). The van der Waals surface area contributed by atoms with E-state index in [0.717, 1.165) is 19.4 Å². The summed E-state index contributed by atoms with van der Waals surface area (Å²) < 4.78 is 4.96. The maximum Gasteiger partial charge on any atom is 0.325 e. The molecule has 0 bridgehead atoms. The van der Waals surface area contributed by atoms with Gasteiger partial charge in [0, 0.05) is 12.1 Å². The molecule has 1 N–H and O–H groups in total. The monoisotopic (exact) mass is 300 g/mol. The minimum absolute atomic E-state index is 0.178. The molecular weight excluding hydrogens is 264 g/mol. The lowest BCUT2D eigenvalue weighted by Gasteiger charge is -2.36. The maximum absolute atomic E-state index is 12.0. The first-order valence-corrected chi connectivity index (χ1v) is 8.00. The van der Waals surface area contributed by atoms with Gasteiger partial charge in [0.2, 0.25) is 0 Å². The Morgan fingerprint density at radius 1 is 1.19 bits per heavy atom. The third kappa shape index (κ3) is 6.79. The molecule has 126 valence electrons. The number of carbonyl (C=O) groups excluding carboxylic acids is 1. The molecule has 0 amide bonds. The summed E-state index contributed by atoms with van der Waals surface area (Å²) in [5, 5.41) is 3.35. The van der Waals surface area contributed by atoms with Gasteiger partial charge in [0.1, 0.15) is 5.54 Å². The normalized spacial score (nSPS) is 16.9. The molecule has 0 aliphatic rings. The fourth-order valence-corrected chi connectivity index (χ4v) is 2.63. The molecule has 0 aromatic carbocycles. The molecule has 0 saturated carbocycles. The van der Waals surface area contributed by atoms with Crippen LogP contribution in [0.15, 0.2) is 0 Å². The number of carbonyl (C=O) groups is 1. The van der Waals surface area contributed by atoms with Crippen LogP contribution < -0.4 is 5.32 Å². The Hall–Kier alpha value is -0.610. The summed E-state index contributed by atoms with van der Waals surface area (Å²) in [6.07, 6.45) is 1.74. The quantitative estimate of drug-likeness (QED) is 0.700. The predicted molar refractivity (Wildman–Crippen MR) is 89.5 cm³/mol. The van der Waals surface area contributed by atoms with E-state index in [-0.39, 0.29) is 17.4 Å². The number of ether oxygens (including phenoxy) is 1. The van der Waals surface area contributed by atoms with E-state index in [1.807, 2.05) is 6.92 Å². The van der Waals surface area contributed by atoms with Crippen molar-refractivity contribution in [3.63, 3.8) is 0 Å². The molecule has 0 aliphatic heterocycles. The zero-order chi connectivity index (χ0) is 16.8. The van der Waals surface area contributed by atoms with Crippen LogP contribution in [0.2, 0.25) is 0 Å². The molecule has 0 spiro atoms. The molecule has 0 aliphatic carbocycles. The lowest BCUT2D eigenvalue weighted by Crippen LogP contribution is -2.53. The second-order valence-corrected chi connectivity index (χ2v) is 7.75. The summed E-state index contributed by atoms with van der Waals surface area (Å²) >= 11 is 0. The Bertz CT molecular complexity index is 323. The molecule has 0 aromatic rings. The van der Waals surface area contributed by atoms with Gasteiger partial charge in [-0.15, -0.1) is 0 Å². The van der Waals surface area contributed by atoms with Gasteiger partial charge in [-0.1, -0.05) is 20.8 Å². The first-order chi connectivity index (χ1) is 9.44. The molecule has 0 aromatic heterocycles. The van der Waals surface area contributed by atoms with Crippen LogP contribution in [-0.2, 0) is 9.53 Å². The van der Waals surface area contributed by atoms with Crippen molar-refractivity contribution in [2.75, 3.05) is 20.7 Å². The van der Waals surface area contributed by atoms with E-state index in [2.05, 4.69) is 58.8 Å². The second kappa shape index (κ2) is 8.14. The van der Waals surface area contributed by atoms with Crippen molar-refractivity contribution in [2.45, 2.75) is 78.9 Å². The standard InChI is InChI=1S/C17H36N2O2/c1-13(2)18-17(7,15(20)21-9)11-10-12-19(8)14(3)16(4,5)6/h13-14,18H,10-12H2,1-9H3. The Morgan fingerprint density at radius 2 is 1.71 bits per heavy atom. The number of nitrogens with zero attached hydrogens (tertiary/aromatic N) is 1. The molecule has 0 saturated heterocycles. The second-order valence-electron chi connectivity index (χ2n) is 7.75. The van der Waals surface area contributed by atoms with Crippen LogP contribution in [0.4, 0.5) is 0 Å². The number of nitrogens with one attached hydrogen (secondary N) is 1. The molecule has 0 fully saturated rings. The largest absolute Gasteiger partial charge is 0.468 e. The lowest BCUT2D eigenvalue weighted by atomic mass is 9.87. The average Bonchev–Trinajstić information content (AvgIpc) is 2.34. The van der Waals surface area contributed by atoms with Crippen molar-refractivity contribution in [2.24, 2.45) is 5.41 Å². The summed E-state index contributed by atoms with van der Waals surface area (Å²) in [5.74, 6) is -0.178. The van der Waals surface area contributed by atoms with Crippen molar-refractivity contribution in [1.82, 2.24) is 10.2 Å². The summed E-state index contributed by atoms with van der Waals surface area (Å²) in [7, 11) is 3.61. The smallest absolute Gasteiger partial charge is 0.325 e. The Kier molecular flexibility index (Phi) is 7.90. The van der Waals surface area contributed by atoms with E-state index < -0.39 is 5.54 Å². The average molecular weight is 300 g/mol. The first-order valence-electron chi connectivity index (χ1n) is 8.00. The molecule has 4 heteroatoms. The zero-order valence-electron chi connectivity index (χ0n) is 15.5. The van der Waals surface area contributed by atoms with Gasteiger partial charge in [-0.05, 0) is 59.5 Å². The van der Waals surface area contributed by atoms with Crippen LogP contribution in [-0.4, -0.2) is 49.2 Å². The van der Waals surface area contributed by atoms with Gasteiger partial charge < -0.3 is 9.64 Å². The van der Waals surface area contributed by atoms with Gasteiger partial charge >= 0.3 is 5.97 Å². The maximum atomic E-state index is 12.0. The van der Waals surface area contributed by atoms with E-state index in [9.17, 15) is 4.79 Å². The highest BCUT2D eigenvalue weighted by Crippen LogP contribution is 2.24. The van der Waals surface area contributed by atoms with Crippen LogP contribution in [0.3, 0.4) is 0 Å². The minimum atomic E-state index is -0.602. The molecule has 0 heterocycles. The number of hydrogen-bond donors (Lipinski definition) is 1. The summed E-state index contributed by atoms with van der Waals surface area (Å²) in [4.78, 5) is 14.4. The highest BCUT2D eigenvalue weighted by Gasteiger charge is 2.34. The van der Waals surface area contributed by atoms with E-state index in [0.29, 0.717) is 6.04 Å². The number of rotatable bonds is 8. The summed E-state index contributed by atoms with van der Waals surface area (Å²) in [5.41, 5.74) is -0.342. The van der Waals surface area contributed by atoms with Crippen LogP contribution in [0, 0.1) is 5.41 Å². The van der Waals surface area contributed by atoms with Crippen molar-refractivity contribution in [3.8, 4) is 0 Å². The van der Waals surface area contributed by atoms with Gasteiger partial charge in [-0.2, -0.15) is 0 Å². The number of hydrogen-bond acceptors (Lipinski definition) is 4. The van der Waals surface area contributed by atoms with E-state index in [1.54, 1.807) is 0 Å². The zero-order valence-corrected chi connectivity index (χ0v) is 15.5. The molecule has 0 radical (unpaired) electrons. The fourth-order valence-electron chi connectivity index (χ4n) is 2.63. The highest BCUT2D eigenvalue weighted by atomic mass is 16.5. The lowest BCUT2D eigenvalue weighted by molar-refractivity contribution is -0.148. The number of methoxy groups -OCH3 is 1. The van der Waals surface area contributed by atoms with Crippen LogP contribution in [0.5, 0.6) is 0 Å². The SMILES string of the molecule is COC(=O)C(C)(CCCN(C)C(C)C(C)(C)C)NC(C)C. The predicted octanol–water partition coefficient (Wildman–Crippen LogP) is 3.06. The van der Waals surface area contributed by atoms with Crippen LogP contribution in [0.25, 0.3) is 0 Å². The highest BCUT2D eigenvalue weighted by molar-refractivity contribution is 5.80. The summed E-state index contributed by atoms with van der Waals surface area (Å²) in [6.45, 7) is 16.0. The van der Waals surface area contributed by atoms with Gasteiger partial charge in [0.05, 0.1) is 7.11 Å². The van der Waals surface area contributed by atoms with Crippen LogP contribution >= 0.6 is 0 Å². The molecule has 2 unspecified atom stereocenters. The number of esters is 1. The first kappa shape index (κ1) is 20.4. The summed E-state index contributed by atoms with van der Waals surface area (Å²) in [6, 6.07) is 0.750.